The molecular formula is C15H17N7OS. The molecule has 0 aromatic carbocycles. The second kappa shape index (κ2) is 5.82. The smallest absolute Gasteiger partial charge is 0.291 e. The molecule has 8 nitrogen and oxygen atoms in total. The quantitative estimate of drug-likeness (QED) is 0.756. The molecule has 1 aliphatic rings. The maximum absolute atomic E-state index is 12.3. The fourth-order valence-corrected chi connectivity index (χ4v) is 3.97. The number of fused-ring (bicyclic) bond motifs is 1. The summed E-state index contributed by atoms with van der Waals surface area (Å²) in [5.41, 5.74) is 1.24. The Bertz CT molecular complexity index is 881. The van der Waals surface area contributed by atoms with E-state index in [2.05, 4.69) is 43.9 Å². The predicted octanol–water partition coefficient (Wildman–Crippen LogP) is 1.39. The monoisotopic (exact) mass is 343 g/mol. The lowest BCUT2D eigenvalue weighted by Gasteiger charge is -2.35. The molecule has 1 amide bonds. The summed E-state index contributed by atoms with van der Waals surface area (Å²) in [6.45, 7) is 6.96. The standard InChI is InChI=1S/C15H17N7OS/c1-9-10(2)24-14-11(9)13(17-7-18-14)21-3-5-22(6-4-21)15(23)12-16-8-19-20-12/h7-8H,3-6H2,1-2H3,(H,16,19,20). The Hall–Kier alpha value is -2.55. The molecule has 1 fully saturated rings. The molecule has 3 aromatic heterocycles. The van der Waals surface area contributed by atoms with E-state index < -0.39 is 0 Å². The zero-order valence-electron chi connectivity index (χ0n) is 13.5. The number of aromatic nitrogens is 5. The normalized spacial score (nSPS) is 15.2. The number of aryl methyl sites for hydroxylation is 2. The van der Waals surface area contributed by atoms with Crippen molar-refractivity contribution in [3.8, 4) is 0 Å². The lowest BCUT2D eigenvalue weighted by Crippen LogP contribution is -2.49. The SMILES string of the molecule is Cc1sc2ncnc(N3CCN(C(=O)c4ncn[nH]4)CC3)c2c1C. The number of H-pyrrole nitrogens is 1. The van der Waals surface area contributed by atoms with Gasteiger partial charge in [0.25, 0.3) is 5.91 Å². The van der Waals surface area contributed by atoms with Crippen LogP contribution >= 0.6 is 11.3 Å². The maximum Gasteiger partial charge on any atom is 0.291 e. The van der Waals surface area contributed by atoms with Crippen LogP contribution in [0.3, 0.4) is 0 Å². The van der Waals surface area contributed by atoms with Crippen LogP contribution in [0.5, 0.6) is 0 Å². The minimum Gasteiger partial charge on any atom is -0.352 e. The number of carbonyl (C=O) groups excluding carboxylic acids is 1. The summed E-state index contributed by atoms with van der Waals surface area (Å²) in [6, 6.07) is 0. The Labute approximate surface area is 142 Å². The molecule has 0 bridgehead atoms. The van der Waals surface area contributed by atoms with Crippen LogP contribution in [0.15, 0.2) is 12.7 Å². The molecule has 1 saturated heterocycles. The summed E-state index contributed by atoms with van der Waals surface area (Å²) in [5, 5.41) is 7.50. The van der Waals surface area contributed by atoms with Crippen LogP contribution in [-0.4, -0.2) is 62.1 Å². The van der Waals surface area contributed by atoms with E-state index in [1.807, 2.05) is 0 Å². The lowest BCUT2D eigenvalue weighted by molar-refractivity contribution is 0.0735. The van der Waals surface area contributed by atoms with E-state index in [-0.39, 0.29) is 11.7 Å². The van der Waals surface area contributed by atoms with Gasteiger partial charge in [-0.15, -0.1) is 11.3 Å². The highest BCUT2D eigenvalue weighted by Crippen LogP contribution is 2.34. The summed E-state index contributed by atoms with van der Waals surface area (Å²) < 4.78 is 0. The number of nitrogens with zero attached hydrogens (tertiary/aromatic N) is 6. The number of piperazine rings is 1. The van der Waals surface area contributed by atoms with Gasteiger partial charge in [0.2, 0.25) is 5.82 Å². The third-order valence-electron chi connectivity index (χ3n) is 4.43. The van der Waals surface area contributed by atoms with Gasteiger partial charge in [-0.2, -0.15) is 5.10 Å². The highest BCUT2D eigenvalue weighted by Gasteiger charge is 2.26. The number of aromatic amines is 1. The van der Waals surface area contributed by atoms with E-state index in [0.29, 0.717) is 13.1 Å². The number of hydrogen-bond acceptors (Lipinski definition) is 7. The molecule has 0 atom stereocenters. The molecule has 0 saturated carbocycles. The van der Waals surface area contributed by atoms with Crippen LogP contribution in [0.25, 0.3) is 10.2 Å². The summed E-state index contributed by atoms with van der Waals surface area (Å²) >= 11 is 1.70. The second-order valence-corrected chi connectivity index (χ2v) is 6.98. The van der Waals surface area contributed by atoms with Gasteiger partial charge >= 0.3 is 0 Å². The number of thiophene rings is 1. The highest BCUT2D eigenvalue weighted by atomic mass is 32.1. The van der Waals surface area contributed by atoms with Crippen LogP contribution < -0.4 is 4.90 Å². The van der Waals surface area contributed by atoms with Crippen molar-refractivity contribution in [1.29, 1.82) is 0 Å². The third kappa shape index (κ3) is 2.41. The molecule has 124 valence electrons. The minimum atomic E-state index is -0.109. The van der Waals surface area contributed by atoms with Crippen molar-refractivity contribution in [2.45, 2.75) is 13.8 Å². The van der Waals surface area contributed by atoms with Gasteiger partial charge in [0.15, 0.2) is 0 Å². The summed E-state index contributed by atoms with van der Waals surface area (Å²) in [4.78, 5) is 31.5. The van der Waals surface area contributed by atoms with Gasteiger partial charge in [0, 0.05) is 31.1 Å². The summed E-state index contributed by atoms with van der Waals surface area (Å²) in [5.74, 6) is 1.15. The Kier molecular flexibility index (Phi) is 3.64. The summed E-state index contributed by atoms with van der Waals surface area (Å²) in [7, 11) is 0. The Morgan fingerprint density at radius 2 is 1.92 bits per heavy atom. The highest BCUT2D eigenvalue weighted by molar-refractivity contribution is 7.18. The van der Waals surface area contributed by atoms with Gasteiger partial charge < -0.3 is 9.80 Å². The van der Waals surface area contributed by atoms with Gasteiger partial charge in [-0.3, -0.25) is 9.89 Å². The molecule has 4 rings (SSSR count). The fraction of sp³-hybridized carbons (Fsp3) is 0.400. The fourth-order valence-electron chi connectivity index (χ4n) is 2.98. The number of hydrogen-bond donors (Lipinski definition) is 1. The number of carbonyl (C=O) groups is 1. The molecule has 3 aromatic rings. The number of nitrogens with one attached hydrogen (secondary N) is 1. The Balaban J connectivity index is 1.55. The first kappa shape index (κ1) is 15.0. The zero-order chi connectivity index (χ0) is 16.7. The van der Waals surface area contributed by atoms with E-state index in [0.717, 1.165) is 29.1 Å². The van der Waals surface area contributed by atoms with Crippen LogP contribution in [-0.2, 0) is 0 Å². The van der Waals surface area contributed by atoms with E-state index in [4.69, 9.17) is 0 Å². The molecule has 0 aliphatic carbocycles. The lowest BCUT2D eigenvalue weighted by atomic mass is 10.2. The van der Waals surface area contributed by atoms with E-state index in [1.54, 1.807) is 22.6 Å². The van der Waals surface area contributed by atoms with Gasteiger partial charge in [0.05, 0.1) is 5.39 Å². The molecule has 9 heteroatoms. The number of amides is 1. The van der Waals surface area contributed by atoms with Crippen LogP contribution in [0.1, 0.15) is 21.1 Å². The van der Waals surface area contributed by atoms with Crippen molar-refractivity contribution in [2.75, 3.05) is 31.1 Å². The molecule has 24 heavy (non-hydrogen) atoms. The first-order chi connectivity index (χ1) is 11.6. The first-order valence-electron chi connectivity index (χ1n) is 7.75. The van der Waals surface area contributed by atoms with Crippen LogP contribution in [0.2, 0.25) is 0 Å². The molecule has 1 N–H and O–H groups in total. The molecule has 0 unspecified atom stereocenters. The largest absolute Gasteiger partial charge is 0.352 e. The Morgan fingerprint density at radius 3 is 2.62 bits per heavy atom. The minimum absolute atomic E-state index is 0.109. The number of rotatable bonds is 2. The Morgan fingerprint density at radius 1 is 1.12 bits per heavy atom. The average Bonchev–Trinajstić information content (AvgIpc) is 3.24. The van der Waals surface area contributed by atoms with Gasteiger partial charge in [0.1, 0.15) is 23.3 Å². The molecule has 0 radical (unpaired) electrons. The van der Waals surface area contributed by atoms with E-state index in [1.165, 1.54) is 16.8 Å². The molecule has 0 spiro atoms. The van der Waals surface area contributed by atoms with Crippen LogP contribution in [0, 0.1) is 13.8 Å². The van der Waals surface area contributed by atoms with Crippen LogP contribution in [0.4, 0.5) is 5.82 Å². The van der Waals surface area contributed by atoms with E-state index >= 15 is 0 Å². The van der Waals surface area contributed by atoms with Gasteiger partial charge in [-0.05, 0) is 19.4 Å². The van der Waals surface area contributed by atoms with Crippen molar-refractivity contribution < 1.29 is 4.79 Å². The predicted molar refractivity (Wildman–Crippen MR) is 91.4 cm³/mol. The molecule has 1 aliphatic heterocycles. The van der Waals surface area contributed by atoms with Crippen molar-refractivity contribution in [1.82, 2.24) is 30.0 Å². The van der Waals surface area contributed by atoms with Crippen molar-refractivity contribution >= 4 is 33.3 Å². The molecule has 4 heterocycles. The zero-order valence-corrected chi connectivity index (χ0v) is 14.3. The van der Waals surface area contributed by atoms with Crippen molar-refractivity contribution in [3.63, 3.8) is 0 Å². The summed E-state index contributed by atoms with van der Waals surface area (Å²) in [6.07, 6.45) is 2.97. The topological polar surface area (TPSA) is 90.9 Å². The van der Waals surface area contributed by atoms with Gasteiger partial charge in [-0.1, -0.05) is 0 Å². The first-order valence-corrected chi connectivity index (χ1v) is 8.57. The molecular weight excluding hydrogens is 326 g/mol. The number of anilines is 1. The second-order valence-electron chi connectivity index (χ2n) is 5.77. The van der Waals surface area contributed by atoms with Crippen molar-refractivity contribution in [3.05, 3.63) is 28.9 Å². The maximum atomic E-state index is 12.3. The van der Waals surface area contributed by atoms with Gasteiger partial charge in [-0.25, -0.2) is 15.0 Å². The average molecular weight is 343 g/mol. The van der Waals surface area contributed by atoms with Crippen molar-refractivity contribution in [2.24, 2.45) is 0 Å². The third-order valence-corrected chi connectivity index (χ3v) is 5.54. The van der Waals surface area contributed by atoms with E-state index in [9.17, 15) is 4.79 Å².